The van der Waals surface area contributed by atoms with Crippen LogP contribution in [0.25, 0.3) is 0 Å². The van der Waals surface area contributed by atoms with Crippen molar-refractivity contribution in [1.29, 1.82) is 0 Å². The van der Waals surface area contributed by atoms with E-state index in [1.165, 1.54) is 40.9 Å². The third-order valence-corrected chi connectivity index (χ3v) is 5.27. The van der Waals surface area contributed by atoms with Gasteiger partial charge in [0.15, 0.2) is 5.17 Å². The van der Waals surface area contributed by atoms with E-state index in [-0.39, 0.29) is 24.1 Å². The molecule has 0 saturated carbocycles. The smallest absolute Gasteiger partial charge is 0.242 e. The number of thioether (sulfide) groups is 1. The molecule has 2 aromatic rings. The number of amidine groups is 1. The average Bonchev–Trinajstić information content (AvgIpc) is 2.93. The van der Waals surface area contributed by atoms with Crippen molar-refractivity contribution >= 4 is 51.7 Å². The van der Waals surface area contributed by atoms with Crippen LogP contribution in [0, 0.1) is 5.82 Å². The van der Waals surface area contributed by atoms with E-state index in [0.717, 1.165) is 0 Å². The molecule has 1 aliphatic rings. The van der Waals surface area contributed by atoms with Crippen LogP contribution < -0.4 is 5.32 Å². The molecule has 1 heterocycles. The molecule has 0 aliphatic carbocycles. The van der Waals surface area contributed by atoms with Crippen molar-refractivity contribution in [3.63, 3.8) is 0 Å². The molecule has 0 bridgehead atoms. The zero-order valence-electron chi connectivity index (χ0n) is 14.8. The van der Waals surface area contributed by atoms with E-state index < -0.39 is 5.25 Å². The largest absolute Gasteiger partial charge is 0.326 e. The fraction of sp³-hybridized carbons (Fsp3) is 0.150. The Hall–Kier alpha value is -2.64. The van der Waals surface area contributed by atoms with Crippen molar-refractivity contribution in [3.8, 4) is 0 Å². The lowest BCUT2D eigenvalue weighted by Gasteiger charge is -2.13. The summed E-state index contributed by atoms with van der Waals surface area (Å²) in [7, 11) is 0. The quantitative estimate of drug-likeness (QED) is 0.697. The molecule has 5 nitrogen and oxygen atoms in total. The number of hydrogen-bond donors (Lipinski definition) is 1. The summed E-state index contributed by atoms with van der Waals surface area (Å²) in [5.74, 6) is -0.929. The molecule has 1 fully saturated rings. The highest BCUT2D eigenvalue weighted by Gasteiger charge is 2.38. The van der Waals surface area contributed by atoms with Gasteiger partial charge in [-0.25, -0.2) is 9.38 Å². The fourth-order valence-electron chi connectivity index (χ4n) is 2.59. The Balaban J connectivity index is 1.73. The van der Waals surface area contributed by atoms with E-state index in [9.17, 15) is 14.0 Å². The Kier molecular flexibility index (Phi) is 6.49. The molecular formula is C20H17ClFN3O2S. The highest BCUT2D eigenvalue weighted by molar-refractivity contribution is 8.15. The Morgan fingerprint density at radius 2 is 2.07 bits per heavy atom. The minimum Gasteiger partial charge on any atom is -0.326 e. The van der Waals surface area contributed by atoms with Crippen LogP contribution in [-0.4, -0.2) is 33.7 Å². The van der Waals surface area contributed by atoms with Crippen molar-refractivity contribution in [3.05, 3.63) is 72.0 Å². The van der Waals surface area contributed by atoms with E-state index in [4.69, 9.17) is 11.6 Å². The Morgan fingerprint density at radius 3 is 2.75 bits per heavy atom. The van der Waals surface area contributed by atoms with Crippen molar-refractivity contribution < 1.29 is 14.0 Å². The first-order valence-corrected chi connectivity index (χ1v) is 9.70. The van der Waals surface area contributed by atoms with Crippen molar-refractivity contribution in [1.82, 2.24) is 4.90 Å². The van der Waals surface area contributed by atoms with Gasteiger partial charge in [0.2, 0.25) is 11.8 Å². The number of anilines is 1. The molecule has 0 radical (unpaired) electrons. The second kappa shape index (κ2) is 9.03. The van der Waals surface area contributed by atoms with Crippen LogP contribution in [0.3, 0.4) is 0 Å². The van der Waals surface area contributed by atoms with E-state index >= 15 is 0 Å². The number of aliphatic imine (C=N–C) groups is 1. The van der Waals surface area contributed by atoms with Gasteiger partial charge in [0.25, 0.3) is 0 Å². The SMILES string of the molecule is C=CCN1C(=O)[C@@H](CC(=O)Nc2ccc(F)cc2)SC1=Nc1cccc(Cl)c1. The molecule has 144 valence electrons. The van der Waals surface area contributed by atoms with Gasteiger partial charge in [0.05, 0.1) is 5.69 Å². The summed E-state index contributed by atoms with van der Waals surface area (Å²) >= 11 is 7.22. The summed E-state index contributed by atoms with van der Waals surface area (Å²) in [5, 5.41) is 3.11. The third kappa shape index (κ3) is 4.99. The average molecular weight is 418 g/mol. The van der Waals surface area contributed by atoms with Gasteiger partial charge in [0.1, 0.15) is 11.1 Å². The maximum absolute atomic E-state index is 13.0. The molecule has 8 heteroatoms. The van der Waals surface area contributed by atoms with Crippen LogP contribution in [0.2, 0.25) is 5.02 Å². The first kappa shape index (κ1) is 20.1. The van der Waals surface area contributed by atoms with E-state index in [1.807, 2.05) is 0 Å². The van der Waals surface area contributed by atoms with E-state index in [1.54, 1.807) is 30.3 Å². The number of carbonyl (C=O) groups is 2. The summed E-state index contributed by atoms with van der Waals surface area (Å²) < 4.78 is 13.0. The number of hydrogen-bond acceptors (Lipinski definition) is 4. The number of halogens is 2. The predicted octanol–water partition coefficient (Wildman–Crippen LogP) is 4.63. The summed E-state index contributed by atoms with van der Waals surface area (Å²) in [4.78, 5) is 31.0. The van der Waals surface area contributed by atoms with Gasteiger partial charge in [-0.2, -0.15) is 0 Å². The molecule has 0 spiro atoms. The highest BCUT2D eigenvalue weighted by Crippen LogP contribution is 2.32. The number of nitrogens with zero attached hydrogens (tertiary/aromatic N) is 2. The molecule has 1 aliphatic heterocycles. The minimum absolute atomic E-state index is 0.0247. The van der Waals surface area contributed by atoms with Crippen molar-refractivity contribution in [2.45, 2.75) is 11.7 Å². The number of amides is 2. The summed E-state index contributed by atoms with van der Waals surface area (Å²) in [5.41, 5.74) is 1.09. The molecule has 0 aromatic heterocycles. The highest BCUT2D eigenvalue weighted by atomic mass is 35.5. The lowest BCUT2D eigenvalue weighted by molar-refractivity contribution is -0.127. The lowest BCUT2D eigenvalue weighted by Crippen LogP contribution is -2.33. The second-order valence-electron chi connectivity index (χ2n) is 5.98. The van der Waals surface area contributed by atoms with Crippen LogP contribution in [0.1, 0.15) is 6.42 Å². The first-order chi connectivity index (χ1) is 13.5. The summed E-state index contributed by atoms with van der Waals surface area (Å²) in [6, 6.07) is 12.4. The molecule has 0 unspecified atom stereocenters. The molecule has 1 saturated heterocycles. The normalized spacial score (nSPS) is 17.8. The van der Waals surface area contributed by atoms with Gasteiger partial charge in [-0.1, -0.05) is 35.5 Å². The van der Waals surface area contributed by atoms with Crippen molar-refractivity contribution in [2.75, 3.05) is 11.9 Å². The van der Waals surface area contributed by atoms with Crippen LogP contribution in [-0.2, 0) is 9.59 Å². The number of nitrogens with one attached hydrogen (secondary N) is 1. The molecule has 1 N–H and O–H groups in total. The molecule has 1 atom stereocenters. The predicted molar refractivity (Wildman–Crippen MR) is 111 cm³/mol. The maximum Gasteiger partial charge on any atom is 0.242 e. The zero-order valence-corrected chi connectivity index (χ0v) is 16.3. The number of rotatable bonds is 6. The standard InChI is InChI=1S/C20H17ClFN3O2S/c1-2-10-25-19(27)17(12-18(26)23-15-8-6-14(22)7-9-15)28-20(25)24-16-5-3-4-13(21)11-16/h2-9,11,17H,1,10,12H2,(H,23,26)/t17-/m1/s1. The number of benzene rings is 2. The van der Waals surface area contributed by atoms with E-state index in [0.29, 0.717) is 28.1 Å². The molecule has 3 rings (SSSR count). The van der Waals surface area contributed by atoms with Crippen LogP contribution in [0.15, 0.2) is 66.2 Å². The molecule has 2 amide bonds. The number of carbonyl (C=O) groups excluding carboxylic acids is 2. The topological polar surface area (TPSA) is 61.8 Å². The van der Waals surface area contributed by atoms with E-state index in [2.05, 4.69) is 16.9 Å². The summed E-state index contributed by atoms with van der Waals surface area (Å²) in [6.45, 7) is 3.97. The van der Waals surface area contributed by atoms with Gasteiger partial charge >= 0.3 is 0 Å². The van der Waals surface area contributed by atoms with Gasteiger partial charge in [0, 0.05) is 23.7 Å². The Bertz CT molecular complexity index is 933. The first-order valence-electron chi connectivity index (χ1n) is 8.45. The van der Waals surface area contributed by atoms with Crippen LogP contribution in [0.4, 0.5) is 15.8 Å². The molecule has 28 heavy (non-hydrogen) atoms. The molecule has 2 aromatic carbocycles. The fourth-order valence-corrected chi connectivity index (χ4v) is 3.94. The third-order valence-electron chi connectivity index (χ3n) is 3.86. The van der Waals surface area contributed by atoms with Gasteiger partial charge in [-0.15, -0.1) is 6.58 Å². The van der Waals surface area contributed by atoms with Gasteiger partial charge in [-0.05, 0) is 42.5 Å². The molecular weight excluding hydrogens is 401 g/mol. The minimum atomic E-state index is -0.599. The lowest BCUT2D eigenvalue weighted by atomic mass is 10.2. The summed E-state index contributed by atoms with van der Waals surface area (Å²) in [6.07, 6.45) is 1.58. The second-order valence-corrected chi connectivity index (χ2v) is 7.58. The van der Waals surface area contributed by atoms with Gasteiger partial charge < -0.3 is 5.32 Å². The Labute approximate surface area is 171 Å². The zero-order chi connectivity index (χ0) is 20.1. The Morgan fingerprint density at radius 1 is 1.32 bits per heavy atom. The van der Waals surface area contributed by atoms with Crippen LogP contribution >= 0.6 is 23.4 Å². The maximum atomic E-state index is 13.0. The van der Waals surface area contributed by atoms with Crippen LogP contribution in [0.5, 0.6) is 0 Å². The van der Waals surface area contributed by atoms with Gasteiger partial charge in [-0.3, -0.25) is 14.5 Å². The monoisotopic (exact) mass is 417 g/mol. The van der Waals surface area contributed by atoms with Crippen molar-refractivity contribution in [2.24, 2.45) is 4.99 Å².